The Hall–Kier alpha value is -2.50. The van der Waals surface area contributed by atoms with Crippen molar-refractivity contribution in [3.63, 3.8) is 0 Å². The van der Waals surface area contributed by atoms with Gasteiger partial charge in [0.1, 0.15) is 6.29 Å². The third-order valence-electron chi connectivity index (χ3n) is 3.47. The lowest BCUT2D eigenvalue weighted by Crippen LogP contribution is -2.22. The number of ether oxygens (including phenoxy) is 1. The number of nitrogens with zero attached hydrogens (tertiary/aromatic N) is 1. The molecule has 0 radical (unpaired) electrons. The van der Waals surface area contributed by atoms with Crippen molar-refractivity contribution in [2.75, 3.05) is 6.61 Å². The van der Waals surface area contributed by atoms with Crippen LogP contribution in [0.25, 0.3) is 0 Å². The lowest BCUT2D eigenvalue weighted by molar-refractivity contribution is -0.431. The molecular weight excluding hydrogens is 298 g/mol. The maximum Gasteiger partial charge on any atom is 0.337 e. The first-order valence-electron chi connectivity index (χ1n) is 7.58. The van der Waals surface area contributed by atoms with Crippen LogP contribution < -0.4 is 0 Å². The van der Waals surface area contributed by atoms with E-state index >= 15 is 0 Å². The van der Waals surface area contributed by atoms with Gasteiger partial charge in [0.25, 0.3) is 5.70 Å². The molecule has 6 nitrogen and oxygen atoms in total. The Morgan fingerprint density at radius 2 is 1.96 bits per heavy atom. The fourth-order valence-electron chi connectivity index (χ4n) is 2.50. The molecule has 0 saturated heterocycles. The Kier molecular flexibility index (Phi) is 7.66. The largest absolute Gasteiger partial charge is 0.463 e. The van der Waals surface area contributed by atoms with Crippen LogP contribution in [0.3, 0.4) is 0 Å². The van der Waals surface area contributed by atoms with Gasteiger partial charge in [-0.15, -0.1) is 0 Å². The van der Waals surface area contributed by atoms with Crippen LogP contribution in [-0.4, -0.2) is 23.8 Å². The molecule has 0 spiro atoms. The van der Waals surface area contributed by atoms with Gasteiger partial charge in [-0.1, -0.05) is 43.7 Å². The van der Waals surface area contributed by atoms with Crippen molar-refractivity contribution in [1.29, 1.82) is 0 Å². The third-order valence-corrected chi connectivity index (χ3v) is 3.47. The number of benzene rings is 1. The van der Waals surface area contributed by atoms with E-state index in [1.165, 1.54) is 0 Å². The van der Waals surface area contributed by atoms with Crippen molar-refractivity contribution < 1.29 is 19.2 Å². The molecule has 6 heteroatoms. The van der Waals surface area contributed by atoms with Gasteiger partial charge < -0.3 is 9.53 Å². The van der Waals surface area contributed by atoms with Crippen molar-refractivity contribution in [3.05, 3.63) is 57.8 Å². The van der Waals surface area contributed by atoms with Crippen molar-refractivity contribution in [1.82, 2.24) is 0 Å². The van der Waals surface area contributed by atoms with Crippen molar-refractivity contribution >= 4 is 12.3 Å². The molecule has 1 rings (SSSR count). The molecule has 0 aliphatic carbocycles. The molecule has 1 aromatic rings. The zero-order valence-corrected chi connectivity index (χ0v) is 13.3. The second-order valence-electron chi connectivity index (χ2n) is 5.06. The normalized spacial score (nSPS) is 13.9. The molecule has 23 heavy (non-hydrogen) atoms. The molecule has 0 saturated carbocycles. The van der Waals surface area contributed by atoms with Gasteiger partial charge in [-0.3, -0.25) is 10.1 Å². The number of carbonyl (C=O) groups is 2. The van der Waals surface area contributed by atoms with E-state index in [1.807, 2.05) is 6.92 Å². The van der Waals surface area contributed by atoms with Crippen LogP contribution in [0.5, 0.6) is 0 Å². The molecule has 0 N–H and O–H groups in total. The monoisotopic (exact) mass is 319 g/mol. The van der Waals surface area contributed by atoms with Gasteiger partial charge in [-0.25, -0.2) is 4.79 Å². The average Bonchev–Trinajstić information content (AvgIpc) is 2.54. The first-order valence-corrected chi connectivity index (χ1v) is 7.58. The highest BCUT2D eigenvalue weighted by Crippen LogP contribution is 2.34. The van der Waals surface area contributed by atoms with Crippen LogP contribution in [0.4, 0.5) is 0 Å². The van der Waals surface area contributed by atoms with Crippen LogP contribution in [0.15, 0.2) is 42.1 Å². The van der Waals surface area contributed by atoms with E-state index in [-0.39, 0.29) is 12.3 Å². The van der Waals surface area contributed by atoms with E-state index in [9.17, 15) is 19.7 Å². The Morgan fingerprint density at radius 3 is 2.43 bits per heavy atom. The van der Waals surface area contributed by atoms with E-state index in [2.05, 4.69) is 0 Å². The predicted octanol–water partition coefficient (Wildman–Crippen LogP) is 3.11. The van der Waals surface area contributed by atoms with Gasteiger partial charge in [-0.05, 0) is 18.9 Å². The van der Waals surface area contributed by atoms with Crippen LogP contribution in [-0.2, 0) is 14.3 Å². The van der Waals surface area contributed by atoms with Gasteiger partial charge in [-0.2, -0.15) is 0 Å². The molecule has 2 atom stereocenters. The number of allylic oxidation sites excluding steroid dienone is 1. The summed E-state index contributed by atoms with van der Waals surface area (Å²) in [4.78, 5) is 34.0. The molecule has 124 valence electrons. The highest BCUT2D eigenvalue weighted by atomic mass is 16.6. The van der Waals surface area contributed by atoms with Gasteiger partial charge in [0.15, 0.2) is 0 Å². The first kappa shape index (κ1) is 18.5. The van der Waals surface area contributed by atoms with Crippen LogP contribution in [0.2, 0.25) is 0 Å². The summed E-state index contributed by atoms with van der Waals surface area (Å²) in [5, 5.41) is 11.5. The van der Waals surface area contributed by atoms with Crippen molar-refractivity contribution in [3.8, 4) is 0 Å². The maximum atomic E-state index is 11.7. The fraction of sp³-hybridized carbons (Fsp3) is 0.412. The number of carbonyl (C=O) groups excluding carboxylic acids is 2. The SMILES string of the molecule is CCC[C@@H](C=O)[C@H](/C(=C/C(=O)OCC)[N+](=O)[O-])c1ccccc1. The lowest BCUT2D eigenvalue weighted by atomic mass is 9.81. The molecule has 0 unspecified atom stereocenters. The Bertz CT molecular complexity index is 568. The maximum absolute atomic E-state index is 11.7. The Balaban J connectivity index is 3.36. The van der Waals surface area contributed by atoms with E-state index in [0.717, 1.165) is 12.4 Å². The first-order chi connectivity index (χ1) is 11.0. The Morgan fingerprint density at radius 1 is 1.30 bits per heavy atom. The highest BCUT2D eigenvalue weighted by Gasteiger charge is 2.34. The molecule has 0 aliphatic heterocycles. The number of rotatable bonds is 9. The number of aldehydes is 1. The zero-order chi connectivity index (χ0) is 17.2. The van der Waals surface area contributed by atoms with Gasteiger partial charge in [0, 0.05) is 5.92 Å². The van der Waals surface area contributed by atoms with E-state index < -0.39 is 22.7 Å². The second kappa shape index (κ2) is 9.50. The molecule has 0 bridgehead atoms. The highest BCUT2D eigenvalue weighted by molar-refractivity contribution is 5.82. The average molecular weight is 319 g/mol. The Labute approximate surface area is 135 Å². The van der Waals surface area contributed by atoms with Crippen molar-refractivity contribution in [2.24, 2.45) is 5.92 Å². The second-order valence-corrected chi connectivity index (χ2v) is 5.06. The number of hydrogen-bond acceptors (Lipinski definition) is 5. The topological polar surface area (TPSA) is 86.5 Å². The summed E-state index contributed by atoms with van der Waals surface area (Å²) in [6, 6.07) is 8.73. The molecule has 0 aliphatic rings. The number of hydrogen-bond donors (Lipinski definition) is 0. The summed E-state index contributed by atoms with van der Waals surface area (Å²) < 4.78 is 4.77. The summed E-state index contributed by atoms with van der Waals surface area (Å²) in [6.07, 6.45) is 2.81. The fourth-order valence-corrected chi connectivity index (χ4v) is 2.50. The standard InChI is InChI=1S/C17H21NO5/c1-3-8-14(12-19)17(13-9-6-5-7-10-13)15(18(21)22)11-16(20)23-4-2/h5-7,9-12,14,17H,3-4,8H2,1-2H3/b15-11-/t14-,17+/m0/s1. The van der Waals surface area contributed by atoms with E-state index in [1.54, 1.807) is 37.3 Å². The van der Waals surface area contributed by atoms with Crippen LogP contribution >= 0.6 is 0 Å². The van der Waals surface area contributed by atoms with Crippen LogP contribution in [0.1, 0.15) is 38.2 Å². The van der Waals surface area contributed by atoms with Gasteiger partial charge in [0.2, 0.25) is 0 Å². The third kappa shape index (κ3) is 5.32. The molecule has 0 fully saturated rings. The van der Waals surface area contributed by atoms with E-state index in [4.69, 9.17) is 4.74 Å². The summed E-state index contributed by atoms with van der Waals surface area (Å²) in [6.45, 7) is 3.65. The predicted molar refractivity (Wildman–Crippen MR) is 85.4 cm³/mol. The quantitative estimate of drug-likeness (QED) is 0.229. The molecule has 0 aromatic heterocycles. The molecule has 0 heterocycles. The summed E-state index contributed by atoms with van der Waals surface area (Å²) >= 11 is 0. The minimum Gasteiger partial charge on any atom is -0.463 e. The number of nitro groups is 1. The summed E-state index contributed by atoms with van der Waals surface area (Å²) in [7, 11) is 0. The van der Waals surface area contributed by atoms with Crippen LogP contribution in [0, 0.1) is 16.0 Å². The number of esters is 1. The van der Waals surface area contributed by atoms with E-state index in [0.29, 0.717) is 18.4 Å². The zero-order valence-electron chi connectivity index (χ0n) is 13.3. The summed E-state index contributed by atoms with van der Waals surface area (Å²) in [5.41, 5.74) is 0.311. The lowest BCUT2D eigenvalue weighted by Gasteiger charge is -2.20. The molecule has 0 amide bonds. The van der Waals surface area contributed by atoms with Crippen molar-refractivity contribution in [2.45, 2.75) is 32.6 Å². The smallest absolute Gasteiger partial charge is 0.337 e. The summed E-state index contributed by atoms with van der Waals surface area (Å²) in [5.74, 6) is -2.14. The van der Waals surface area contributed by atoms with Gasteiger partial charge >= 0.3 is 5.97 Å². The molecular formula is C17H21NO5. The minimum atomic E-state index is -0.784. The minimum absolute atomic E-state index is 0.127. The van der Waals surface area contributed by atoms with Gasteiger partial charge in [0.05, 0.1) is 23.5 Å². The molecule has 1 aromatic carbocycles.